The zero-order valence-electron chi connectivity index (χ0n) is 11.3. The first-order valence-corrected chi connectivity index (χ1v) is 7.55. The quantitative estimate of drug-likeness (QED) is 0.686. The minimum absolute atomic E-state index is 0.697. The van der Waals surface area contributed by atoms with Crippen LogP contribution in [0.3, 0.4) is 0 Å². The molecule has 0 fully saturated rings. The van der Waals surface area contributed by atoms with Gasteiger partial charge in [-0.1, -0.05) is 25.0 Å². The molecule has 0 spiro atoms. The molecule has 0 N–H and O–H groups in total. The highest BCUT2D eigenvalue weighted by atomic mass is 31.2. The molecule has 0 aliphatic carbocycles. The van der Waals surface area contributed by atoms with E-state index in [9.17, 15) is 0 Å². The fourth-order valence-corrected chi connectivity index (χ4v) is 3.22. The van der Waals surface area contributed by atoms with Crippen LogP contribution in [0.4, 0.5) is 0 Å². The molecule has 2 nitrogen and oxygen atoms in total. The molecule has 0 amide bonds. The Morgan fingerprint density at radius 1 is 1.00 bits per heavy atom. The molecule has 1 aromatic rings. The lowest BCUT2D eigenvalue weighted by atomic mass is 10.1. The highest BCUT2D eigenvalue weighted by molar-refractivity contribution is 7.56. The fraction of sp³-hybridized carbons (Fsp3) is 0.571. The van der Waals surface area contributed by atoms with Crippen molar-refractivity contribution in [3.05, 3.63) is 29.3 Å². The summed E-state index contributed by atoms with van der Waals surface area (Å²) in [6.45, 7) is 9.75. The minimum atomic E-state index is -0.899. The maximum absolute atomic E-state index is 5.70. The summed E-state index contributed by atoms with van der Waals surface area (Å²) in [6.07, 6.45) is 2.29. The summed E-state index contributed by atoms with van der Waals surface area (Å²) in [5.74, 6) is 0. The van der Waals surface area contributed by atoms with E-state index in [4.69, 9.17) is 9.05 Å². The summed E-state index contributed by atoms with van der Waals surface area (Å²) >= 11 is 0. The van der Waals surface area contributed by atoms with Crippen molar-refractivity contribution in [1.82, 2.24) is 0 Å². The summed E-state index contributed by atoms with van der Waals surface area (Å²) < 4.78 is 11.4. The summed E-state index contributed by atoms with van der Waals surface area (Å²) in [5.41, 5.74) is 2.67. The van der Waals surface area contributed by atoms with E-state index in [1.807, 2.05) is 13.8 Å². The molecule has 0 aliphatic rings. The van der Waals surface area contributed by atoms with Crippen molar-refractivity contribution >= 4 is 13.7 Å². The number of hydrogen-bond acceptors (Lipinski definition) is 2. The van der Waals surface area contributed by atoms with Gasteiger partial charge in [0.1, 0.15) is 0 Å². The number of aryl methyl sites for hydroxylation is 2. The van der Waals surface area contributed by atoms with Crippen molar-refractivity contribution in [2.24, 2.45) is 0 Å². The van der Waals surface area contributed by atoms with E-state index in [-0.39, 0.29) is 0 Å². The second-order valence-electron chi connectivity index (χ2n) is 4.02. The van der Waals surface area contributed by atoms with Crippen LogP contribution in [-0.2, 0) is 15.5 Å². The molecule has 0 radical (unpaired) electrons. The SMILES string of the molecule is CCCc1cc(C)cc(P(OCC)OCC)c1. The Morgan fingerprint density at radius 3 is 2.18 bits per heavy atom. The van der Waals surface area contributed by atoms with E-state index in [1.165, 1.54) is 22.9 Å². The van der Waals surface area contributed by atoms with Gasteiger partial charge < -0.3 is 9.05 Å². The van der Waals surface area contributed by atoms with Crippen molar-refractivity contribution in [2.45, 2.75) is 40.5 Å². The van der Waals surface area contributed by atoms with E-state index < -0.39 is 8.38 Å². The Morgan fingerprint density at radius 2 is 1.65 bits per heavy atom. The van der Waals surface area contributed by atoms with Crippen LogP contribution in [0.1, 0.15) is 38.3 Å². The van der Waals surface area contributed by atoms with E-state index in [0.717, 1.165) is 6.42 Å². The third-order valence-corrected chi connectivity index (χ3v) is 4.03. The van der Waals surface area contributed by atoms with Gasteiger partial charge in [0, 0.05) is 5.30 Å². The molecule has 0 aromatic heterocycles. The molecule has 0 aliphatic heterocycles. The van der Waals surface area contributed by atoms with E-state index >= 15 is 0 Å². The summed E-state index contributed by atoms with van der Waals surface area (Å²) in [4.78, 5) is 0. The fourth-order valence-electron chi connectivity index (χ4n) is 1.80. The van der Waals surface area contributed by atoms with Gasteiger partial charge in [0.15, 0.2) is 0 Å². The molecular weight excluding hydrogens is 231 g/mol. The molecule has 1 rings (SSSR count). The second-order valence-corrected chi connectivity index (χ2v) is 5.57. The largest absolute Gasteiger partial charge is 0.331 e. The molecule has 3 heteroatoms. The van der Waals surface area contributed by atoms with Crippen LogP contribution in [0.5, 0.6) is 0 Å². The standard InChI is InChI=1S/C14H23O2P/c1-5-8-13-9-12(4)10-14(11-13)17(15-6-2)16-7-3/h9-11H,5-8H2,1-4H3. The van der Waals surface area contributed by atoms with Gasteiger partial charge in [-0.25, -0.2) is 0 Å². The average molecular weight is 254 g/mol. The van der Waals surface area contributed by atoms with Gasteiger partial charge in [-0.3, -0.25) is 0 Å². The van der Waals surface area contributed by atoms with Gasteiger partial charge >= 0.3 is 0 Å². The lowest BCUT2D eigenvalue weighted by Gasteiger charge is -2.17. The zero-order valence-corrected chi connectivity index (χ0v) is 12.2. The molecule has 0 saturated heterocycles. The predicted octanol–water partition coefficient (Wildman–Crippen LogP) is 3.96. The average Bonchev–Trinajstić information content (AvgIpc) is 2.28. The lowest BCUT2D eigenvalue weighted by molar-refractivity contribution is 0.277. The lowest BCUT2D eigenvalue weighted by Crippen LogP contribution is -2.08. The number of benzene rings is 1. The highest BCUT2D eigenvalue weighted by Gasteiger charge is 2.13. The van der Waals surface area contributed by atoms with Crippen molar-refractivity contribution in [2.75, 3.05) is 13.2 Å². The molecule has 96 valence electrons. The second kappa shape index (κ2) is 7.81. The first-order chi connectivity index (χ1) is 8.21. The molecule has 17 heavy (non-hydrogen) atoms. The van der Waals surface area contributed by atoms with Gasteiger partial charge in [0.2, 0.25) is 8.38 Å². The van der Waals surface area contributed by atoms with Crippen LogP contribution in [0.2, 0.25) is 0 Å². The molecule has 0 heterocycles. The topological polar surface area (TPSA) is 18.5 Å². The van der Waals surface area contributed by atoms with E-state index in [2.05, 4.69) is 32.0 Å². The maximum Gasteiger partial charge on any atom is 0.205 e. The Kier molecular flexibility index (Phi) is 6.72. The Bertz CT molecular complexity index is 333. The minimum Gasteiger partial charge on any atom is -0.331 e. The van der Waals surface area contributed by atoms with Crippen molar-refractivity contribution in [1.29, 1.82) is 0 Å². The first kappa shape index (κ1) is 14.6. The summed E-state index contributed by atoms with van der Waals surface area (Å²) in [6, 6.07) is 6.65. The molecule has 0 unspecified atom stereocenters. The van der Waals surface area contributed by atoms with Crippen LogP contribution in [0.15, 0.2) is 18.2 Å². The first-order valence-electron chi connectivity index (χ1n) is 6.37. The van der Waals surface area contributed by atoms with Gasteiger partial charge in [0.05, 0.1) is 13.2 Å². The number of rotatable bonds is 7. The molecule has 1 aromatic carbocycles. The van der Waals surface area contributed by atoms with Gasteiger partial charge in [0.25, 0.3) is 0 Å². The molecule has 0 atom stereocenters. The Hall–Kier alpha value is -0.430. The Labute approximate surface area is 106 Å². The monoisotopic (exact) mass is 254 g/mol. The maximum atomic E-state index is 5.70. The van der Waals surface area contributed by atoms with Crippen LogP contribution < -0.4 is 5.30 Å². The molecular formula is C14H23O2P. The third-order valence-electron chi connectivity index (χ3n) is 2.36. The predicted molar refractivity (Wildman–Crippen MR) is 75.0 cm³/mol. The molecule has 0 bridgehead atoms. The summed E-state index contributed by atoms with van der Waals surface area (Å²) in [5, 5.41) is 1.20. The van der Waals surface area contributed by atoms with E-state index in [1.54, 1.807) is 0 Å². The van der Waals surface area contributed by atoms with Crippen molar-refractivity contribution in [3.63, 3.8) is 0 Å². The number of hydrogen-bond donors (Lipinski definition) is 0. The van der Waals surface area contributed by atoms with Crippen molar-refractivity contribution in [3.8, 4) is 0 Å². The zero-order chi connectivity index (χ0) is 12.7. The summed E-state index contributed by atoms with van der Waals surface area (Å²) in [7, 11) is -0.899. The van der Waals surface area contributed by atoms with Gasteiger partial charge in [-0.05, 0) is 44.9 Å². The third kappa shape index (κ3) is 4.75. The van der Waals surface area contributed by atoms with Gasteiger partial charge in [-0.2, -0.15) is 0 Å². The van der Waals surface area contributed by atoms with Crippen LogP contribution in [0, 0.1) is 6.92 Å². The van der Waals surface area contributed by atoms with Crippen molar-refractivity contribution < 1.29 is 9.05 Å². The van der Waals surface area contributed by atoms with Gasteiger partial charge in [-0.15, -0.1) is 0 Å². The highest BCUT2D eigenvalue weighted by Crippen LogP contribution is 2.37. The van der Waals surface area contributed by atoms with Crippen LogP contribution in [-0.4, -0.2) is 13.2 Å². The van der Waals surface area contributed by atoms with E-state index in [0.29, 0.717) is 13.2 Å². The molecule has 0 saturated carbocycles. The van der Waals surface area contributed by atoms with Crippen LogP contribution >= 0.6 is 8.38 Å². The smallest absolute Gasteiger partial charge is 0.205 e. The normalized spacial score (nSPS) is 11.1. The van der Waals surface area contributed by atoms with Crippen LogP contribution in [0.25, 0.3) is 0 Å². The Balaban J connectivity index is 2.92.